The van der Waals surface area contributed by atoms with Crippen LogP contribution in [0.25, 0.3) is 0 Å². The average molecular weight is 387 g/mol. The maximum Gasteiger partial charge on any atom is 0.227 e. The minimum Gasteiger partial charge on any atom is -0.369 e. The highest BCUT2D eigenvalue weighted by molar-refractivity contribution is 7.13. The molecule has 0 aliphatic carbocycles. The molecule has 130 valence electrons. The second kappa shape index (κ2) is 9.22. The molecule has 8 heteroatoms. The van der Waals surface area contributed by atoms with E-state index < -0.39 is 0 Å². The summed E-state index contributed by atoms with van der Waals surface area (Å²) in [5.41, 5.74) is 1.20. The van der Waals surface area contributed by atoms with Gasteiger partial charge in [0.25, 0.3) is 0 Å². The topological polar surface area (TPSA) is 48.5 Å². The second-order valence-corrected chi connectivity index (χ2v) is 6.77. The molecule has 1 aliphatic heterocycles. The number of amides is 1. The van der Waals surface area contributed by atoms with Crippen molar-refractivity contribution < 1.29 is 4.79 Å². The predicted molar refractivity (Wildman–Crippen MR) is 103 cm³/mol. The van der Waals surface area contributed by atoms with E-state index in [9.17, 15) is 4.79 Å². The van der Waals surface area contributed by atoms with Gasteiger partial charge in [-0.2, -0.15) is 0 Å². The van der Waals surface area contributed by atoms with Crippen molar-refractivity contribution in [3.05, 3.63) is 40.9 Å². The number of benzene rings is 1. The monoisotopic (exact) mass is 386 g/mol. The van der Waals surface area contributed by atoms with Crippen LogP contribution in [0.2, 0.25) is 5.02 Å². The first-order valence-corrected chi connectivity index (χ1v) is 8.89. The van der Waals surface area contributed by atoms with E-state index in [0.717, 1.165) is 37.7 Å². The molecule has 1 aromatic heterocycles. The Morgan fingerprint density at radius 2 is 1.92 bits per heavy atom. The van der Waals surface area contributed by atoms with Gasteiger partial charge in [0.15, 0.2) is 5.13 Å². The zero-order valence-corrected chi connectivity index (χ0v) is 15.5. The van der Waals surface area contributed by atoms with Crippen LogP contribution in [-0.2, 0) is 4.79 Å². The number of nitrogens with one attached hydrogen (secondary N) is 1. The minimum absolute atomic E-state index is 0. The molecule has 2 aromatic rings. The number of carbonyl (C=O) groups is 1. The van der Waals surface area contributed by atoms with Crippen LogP contribution in [0.1, 0.15) is 6.42 Å². The Labute approximate surface area is 157 Å². The number of hydrogen-bond donors (Lipinski definition) is 1. The summed E-state index contributed by atoms with van der Waals surface area (Å²) in [5.74, 6) is 0.0279. The van der Waals surface area contributed by atoms with Crippen molar-refractivity contribution in [2.24, 2.45) is 0 Å². The maximum absolute atomic E-state index is 11.9. The van der Waals surface area contributed by atoms with Crippen molar-refractivity contribution in [1.29, 1.82) is 0 Å². The van der Waals surface area contributed by atoms with Crippen molar-refractivity contribution in [1.82, 2.24) is 9.88 Å². The van der Waals surface area contributed by atoms with Gasteiger partial charge in [0, 0.05) is 61.4 Å². The van der Waals surface area contributed by atoms with Crippen LogP contribution >= 0.6 is 35.3 Å². The zero-order valence-electron chi connectivity index (χ0n) is 13.2. The van der Waals surface area contributed by atoms with E-state index in [0.29, 0.717) is 11.6 Å². The number of thiazole rings is 1. The van der Waals surface area contributed by atoms with Gasteiger partial charge in [-0.15, -0.1) is 23.7 Å². The summed E-state index contributed by atoms with van der Waals surface area (Å²) in [7, 11) is 0. The maximum atomic E-state index is 11.9. The zero-order chi connectivity index (χ0) is 16.1. The van der Waals surface area contributed by atoms with Crippen LogP contribution in [0.4, 0.5) is 10.8 Å². The molecule has 0 unspecified atom stereocenters. The van der Waals surface area contributed by atoms with E-state index in [4.69, 9.17) is 11.6 Å². The number of nitrogens with zero attached hydrogens (tertiary/aromatic N) is 3. The molecular formula is C16H20Cl2N4OS. The van der Waals surface area contributed by atoms with Gasteiger partial charge in [-0.05, 0) is 24.3 Å². The Balaban J connectivity index is 0.00000208. The van der Waals surface area contributed by atoms with E-state index in [1.807, 2.05) is 17.5 Å². The Kier molecular flexibility index (Phi) is 7.30. The summed E-state index contributed by atoms with van der Waals surface area (Å²) in [5, 5.41) is 6.10. The predicted octanol–water partition coefficient (Wildman–Crippen LogP) is 3.37. The fourth-order valence-electron chi connectivity index (χ4n) is 2.61. The molecule has 1 aromatic carbocycles. The first-order valence-electron chi connectivity index (χ1n) is 7.63. The lowest BCUT2D eigenvalue weighted by Crippen LogP contribution is -2.47. The number of hydrogen-bond acceptors (Lipinski definition) is 5. The van der Waals surface area contributed by atoms with E-state index in [-0.39, 0.29) is 18.3 Å². The van der Waals surface area contributed by atoms with Gasteiger partial charge in [-0.1, -0.05) is 11.6 Å². The fraction of sp³-hybridized carbons (Fsp3) is 0.375. The van der Waals surface area contributed by atoms with Crippen LogP contribution in [0.5, 0.6) is 0 Å². The summed E-state index contributed by atoms with van der Waals surface area (Å²) in [4.78, 5) is 20.6. The van der Waals surface area contributed by atoms with E-state index in [1.54, 1.807) is 6.20 Å². The average Bonchev–Trinajstić information content (AvgIpc) is 3.07. The molecule has 0 saturated carbocycles. The molecule has 1 fully saturated rings. The molecule has 2 heterocycles. The van der Waals surface area contributed by atoms with Crippen molar-refractivity contribution in [3.63, 3.8) is 0 Å². The van der Waals surface area contributed by atoms with E-state index in [1.165, 1.54) is 17.0 Å². The van der Waals surface area contributed by atoms with Crippen molar-refractivity contribution in [3.8, 4) is 0 Å². The summed E-state index contributed by atoms with van der Waals surface area (Å²) in [6.45, 7) is 4.65. The van der Waals surface area contributed by atoms with Gasteiger partial charge in [0.05, 0.1) is 0 Å². The van der Waals surface area contributed by atoms with Gasteiger partial charge in [0.1, 0.15) is 0 Å². The quantitative estimate of drug-likeness (QED) is 0.855. The van der Waals surface area contributed by atoms with Crippen LogP contribution in [0.15, 0.2) is 35.8 Å². The van der Waals surface area contributed by atoms with Gasteiger partial charge >= 0.3 is 0 Å². The minimum atomic E-state index is 0. The van der Waals surface area contributed by atoms with Crippen molar-refractivity contribution in [2.45, 2.75) is 6.42 Å². The summed E-state index contributed by atoms with van der Waals surface area (Å²) in [6.07, 6.45) is 2.19. The smallest absolute Gasteiger partial charge is 0.227 e. The van der Waals surface area contributed by atoms with Crippen LogP contribution in [0, 0.1) is 0 Å². The lowest BCUT2D eigenvalue weighted by molar-refractivity contribution is -0.116. The highest BCUT2D eigenvalue weighted by Crippen LogP contribution is 2.19. The number of carbonyl (C=O) groups excluding carboxylic acids is 1. The first kappa shape index (κ1) is 19.0. The molecule has 1 amide bonds. The Bertz CT molecular complexity index is 628. The molecule has 1 aliphatic rings. The number of rotatable bonds is 5. The number of halogens is 2. The largest absolute Gasteiger partial charge is 0.369 e. The highest BCUT2D eigenvalue weighted by atomic mass is 35.5. The molecule has 0 bridgehead atoms. The van der Waals surface area contributed by atoms with Gasteiger partial charge in [-0.25, -0.2) is 4.98 Å². The summed E-state index contributed by atoms with van der Waals surface area (Å²) in [6, 6.07) is 7.96. The molecule has 0 spiro atoms. The van der Waals surface area contributed by atoms with E-state index >= 15 is 0 Å². The van der Waals surface area contributed by atoms with Crippen molar-refractivity contribution in [2.75, 3.05) is 42.9 Å². The van der Waals surface area contributed by atoms with Gasteiger partial charge in [-0.3, -0.25) is 9.69 Å². The molecule has 1 saturated heterocycles. The number of anilines is 2. The van der Waals surface area contributed by atoms with Crippen LogP contribution < -0.4 is 10.2 Å². The molecule has 3 rings (SSSR count). The third-order valence-corrected chi connectivity index (χ3v) is 4.84. The first-order chi connectivity index (χ1) is 11.2. The number of piperazine rings is 1. The summed E-state index contributed by atoms with van der Waals surface area (Å²) >= 11 is 7.37. The molecule has 24 heavy (non-hydrogen) atoms. The third-order valence-electron chi connectivity index (χ3n) is 3.90. The molecule has 5 nitrogen and oxygen atoms in total. The second-order valence-electron chi connectivity index (χ2n) is 5.44. The Hall–Kier alpha value is -1.34. The fourth-order valence-corrected chi connectivity index (χ4v) is 3.28. The molecule has 0 radical (unpaired) electrons. The van der Waals surface area contributed by atoms with Crippen molar-refractivity contribution >= 4 is 52.1 Å². The van der Waals surface area contributed by atoms with Crippen LogP contribution in [-0.4, -0.2) is 48.5 Å². The standard InChI is InChI=1S/C16H19ClN4OS.ClH/c17-13-1-3-14(4-2-13)21-10-8-20(9-11-21)7-5-15(22)19-16-18-6-12-23-16;/h1-4,6,12H,5,7-11H2,(H,18,19,22);1H. The molecular weight excluding hydrogens is 367 g/mol. The Morgan fingerprint density at radius 3 is 2.54 bits per heavy atom. The van der Waals surface area contributed by atoms with E-state index in [2.05, 4.69) is 32.2 Å². The molecule has 0 atom stereocenters. The third kappa shape index (κ3) is 5.34. The highest BCUT2D eigenvalue weighted by Gasteiger charge is 2.17. The van der Waals surface area contributed by atoms with Gasteiger partial charge in [0.2, 0.25) is 5.91 Å². The number of aromatic nitrogens is 1. The normalized spacial score (nSPS) is 15.0. The SMILES string of the molecule is Cl.O=C(CCN1CCN(c2ccc(Cl)cc2)CC1)Nc1nccs1. The Morgan fingerprint density at radius 1 is 1.21 bits per heavy atom. The lowest BCUT2D eigenvalue weighted by Gasteiger charge is -2.36. The molecule has 1 N–H and O–H groups in total. The van der Waals surface area contributed by atoms with Gasteiger partial charge < -0.3 is 10.2 Å². The lowest BCUT2D eigenvalue weighted by atomic mass is 10.2. The van der Waals surface area contributed by atoms with Crippen LogP contribution in [0.3, 0.4) is 0 Å². The summed E-state index contributed by atoms with van der Waals surface area (Å²) < 4.78 is 0.